The molecule has 0 aliphatic heterocycles. The molecule has 0 bridgehead atoms. The Balaban J connectivity index is 1.85. The lowest BCUT2D eigenvalue weighted by atomic mass is 9.93. The Morgan fingerprint density at radius 2 is 1.18 bits per heavy atom. The summed E-state index contributed by atoms with van der Waals surface area (Å²) in [5.41, 5.74) is 7.29. The summed E-state index contributed by atoms with van der Waals surface area (Å²) in [6, 6.07) is 32.3. The summed E-state index contributed by atoms with van der Waals surface area (Å²) in [7, 11) is -1.48. The predicted molar refractivity (Wildman–Crippen MR) is 124 cm³/mol. The van der Waals surface area contributed by atoms with Gasteiger partial charge in [-0.3, -0.25) is 4.98 Å². The van der Waals surface area contributed by atoms with E-state index in [0.717, 1.165) is 5.69 Å². The Hall–Kier alpha value is -2.97. The number of rotatable bonds is 4. The van der Waals surface area contributed by atoms with Crippen LogP contribution in [0.15, 0.2) is 97.2 Å². The van der Waals surface area contributed by atoms with Crippen LogP contribution < -0.4 is 5.19 Å². The first kappa shape index (κ1) is 18.4. The lowest BCUT2D eigenvalue weighted by molar-refractivity contribution is 1.34. The number of hydrogen-bond acceptors (Lipinski definition) is 1. The van der Waals surface area contributed by atoms with Crippen LogP contribution in [0.3, 0.4) is 0 Å². The monoisotopic (exact) mass is 379 g/mol. The maximum absolute atomic E-state index is 4.77. The van der Waals surface area contributed by atoms with Gasteiger partial charge in [-0.25, -0.2) is 0 Å². The minimum absolute atomic E-state index is 1.13. The van der Waals surface area contributed by atoms with Gasteiger partial charge in [0.05, 0.1) is 13.8 Å². The standard InChI is InChI=1S/C26H25NSi/c1-28(2,3)25-17-10-18-27-26(25)22-14-9-13-21(19-22)24-16-8-7-15-23(24)20-11-5-4-6-12-20/h4-19H,1-3H3. The highest BCUT2D eigenvalue weighted by molar-refractivity contribution is 6.89. The Labute approximate surface area is 168 Å². The van der Waals surface area contributed by atoms with Crippen molar-refractivity contribution >= 4 is 13.3 Å². The number of nitrogens with zero attached hydrogens (tertiary/aromatic N) is 1. The Morgan fingerprint density at radius 1 is 0.571 bits per heavy atom. The van der Waals surface area contributed by atoms with Crippen LogP contribution in [0.2, 0.25) is 19.6 Å². The first-order valence-electron chi connectivity index (χ1n) is 9.75. The van der Waals surface area contributed by atoms with Crippen LogP contribution in [0.4, 0.5) is 0 Å². The maximum atomic E-state index is 4.77. The summed E-state index contributed by atoms with van der Waals surface area (Å²) in [5.74, 6) is 0. The third-order valence-electron chi connectivity index (χ3n) is 5.07. The summed E-state index contributed by atoms with van der Waals surface area (Å²) in [6.07, 6.45) is 1.91. The van der Waals surface area contributed by atoms with Crippen molar-refractivity contribution in [3.8, 4) is 33.5 Å². The molecule has 0 radical (unpaired) electrons. The van der Waals surface area contributed by atoms with Crippen molar-refractivity contribution in [3.63, 3.8) is 0 Å². The highest BCUT2D eigenvalue weighted by Crippen LogP contribution is 2.33. The summed E-state index contributed by atoms with van der Waals surface area (Å²) >= 11 is 0. The minimum Gasteiger partial charge on any atom is -0.256 e. The fraction of sp³-hybridized carbons (Fsp3) is 0.115. The van der Waals surface area contributed by atoms with Crippen LogP contribution in [-0.4, -0.2) is 13.1 Å². The Bertz CT molecular complexity index is 1090. The molecule has 0 unspecified atom stereocenters. The molecule has 0 saturated carbocycles. The molecule has 0 fully saturated rings. The maximum Gasteiger partial charge on any atom is 0.0804 e. The Kier molecular flexibility index (Phi) is 4.97. The molecule has 1 heterocycles. The molecule has 0 saturated heterocycles. The largest absolute Gasteiger partial charge is 0.256 e. The Morgan fingerprint density at radius 3 is 1.89 bits per heavy atom. The molecule has 138 valence electrons. The van der Waals surface area contributed by atoms with Gasteiger partial charge in [0.1, 0.15) is 0 Å². The molecule has 4 aromatic rings. The van der Waals surface area contributed by atoms with Crippen molar-refractivity contribution in [2.45, 2.75) is 19.6 Å². The highest BCUT2D eigenvalue weighted by atomic mass is 28.3. The van der Waals surface area contributed by atoms with E-state index < -0.39 is 8.07 Å². The minimum atomic E-state index is -1.48. The zero-order valence-electron chi connectivity index (χ0n) is 16.7. The molecular weight excluding hydrogens is 354 g/mol. The van der Waals surface area contributed by atoms with Crippen LogP contribution in [0.5, 0.6) is 0 Å². The molecule has 1 nitrogen and oxygen atoms in total. The lowest BCUT2D eigenvalue weighted by Gasteiger charge is -2.20. The summed E-state index contributed by atoms with van der Waals surface area (Å²) in [4.78, 5) is 4.77. The second kappa shape index (κ2) is 7.57. The molecule has 0 aliphatic carbocycles. The van der Waals surface area contributed by atoms with Crippen molar-refractivity contribution in [3.05, 3.63) is 97.2 Å². The first-order valence-corrected chi connectivity index (χ1v) is 13.2. The molecule has 0 aliphatic rings. The van der Waals surface area contributed by atoms with Crippen molar-refractivity contribution < 1.29 is 0 Å². The van der Waals surface area contributed by atoms with Gasteiger partial charge in [0.25, 0.3) is 0 Å². The number of benzene rings is 3. The lowest BCUT2D eigenvalue weighted by Crippen LogP contribution is -2.39. The van der Waals surface area contributed by atoms with Gasteiger partial charge in [-0.15, -0.1) is 0 Å². The van der Waals surface area contributed by atoms with E-state index in [1.165, 1.54) is 33.0 Å². The van der Waals surface area contributed by atoms with E-state index in [0.29, 0.717) is 0 Å². The van der Waals surface area contributed by atoms with Crippen molar-refractivity contribution in [1.82, 2.24) is 4.98 Å². The molecule has 28 heavy (non-hydrogen) atoms. The van der Waals surface area contributed by atoms with Crippen LogP contribution in [0.1, 0.15) is 0 Å². The van der Waals surface area contributed by atoms with E-state index in [4.69, 9.17) is 4.98 Å². The van der Waals surface area contributed by atoms with E-state index in [2.05, 4.69) is 111 Å². The van der Waals surface area contributed by atoms with Gasteiger partial charge >= 0.3 is 0 Å². The number of aromatic nitrogens is 1. The van der Waals surface area contributed by atoms with Crippen LogP contribution in [0, 0.1) is 0 Å². The zero-order valence-corrected chi connectivity index (χ0v) is 17.7. The van der Waals surface area contributed by atoms with E-state index in [9.17, 15) is 0 Å². The molecule has 2 heteroatoms. The fourth-order valence-corrected chi connectivity index (χ4v) is 5.19. The smallest absolute Gasteiger partial charge is 0.0804 e. The molecule has 0 amide bonds. The van der Waals surface area contributed by atoms with E-state index in [-0.39, 0.29) is 0 Å². The third kappa shape index (κ3) is 3.69. The highest BCUT2D eigenvalue weighted by Gasteiger charge is 2.21. The average molecular weight is 380 g/mol. The molecule has 4 rings (SSSR count). The van der Waals surface area contributed by atoms with Crippen LogP contribution in [0.25, 0.3) is 33.5 Å². The van der Waals surface area contributed by atoms with E-state index >= 15 is 0 Å². The van der Waals surface area contributed by atoms with Gasteiger partial charge < -0.3 is 0 Å². The predicted octanol–water partition coefficient (Wildman–Crippen LogP) is 6.63. The second-order valence-corrected chi connectivity index (χ2v) is 13.2. The molecule has 0 atom stereocenters. The van der Waals surface area contributed by atoms with Crippen LogP contribution >= 0.6 is 0 Å². The summed E-state index contributed by atoms with van der Waals surface area (Å²) in [6.45, 7) is 7.13. The zero-order chi connectivity index (χ0) is 19.6. The van der Waals surface area contributed by atoms with Gasteiger partial charge in [-0.2, -0.15) is 0 Å². The van der Waals surface area contributed by atoms with Gasteiger partial charge in [0.15, 0.2) is 0 Å². The van der Waals surface area contributed by atoms with Gasteiger partial charge in [0, 0.05) is 11.8 Å². The molecular formula is C26H25NSi. The van der Waals surface area contributed by atoms with E-state index in [1.807, 2.05) is 6.20 Å². The van der Waals surface area contributed by atoms with Gasteiger partial charge in [-0.1, -0.05) is 98.5 Å². The quantitative estimate of drug-likeness (QED) is 0.363. The average Bonchev–Trinajstić information content (AvgIpc) is 2.74. The molecule has 0 spiro atoms. The normalized spacial score (nSPS) is 11.4. The summed E-state index contributed by atoms with van der Waals surface area (Å²) in [5, 5.41) is 1.41. The number of hydrogen-bond donors (Lipinski definition) is 0. The SMILES string of the molecule is C[Si](C)(C)c1cccnc1-c1cccc(-c2ccccc2-c2ccccc2)c1. The number of pyridine rings is 1. The van der Waals surface area contributed by atoms with Gasteiger partial charge in [0.2, 0.25) is 0 Å². The van der Waals surface area contributed by atoms with Gasteiger partial charge in [-0.05, 0) is 39.6 Å². The fourth-order valence-electron chi connectivity index (χ4n) is 3.68. The second-order valence-electron chi connectivity index (χ2n) is 8.14. The molecule has 3 aromatic carbocycles. The van der Waals surface area contributed by atoms with Crippen molar-refractivity contribution in [2.24, 2.45) is 0 Å². The first-order chi connectivity index (χ1) is 13.5. The van der Waals surface area contributed by atoms with E-state index in [1.54, 1.807) is 0 Å². The topological polar surface area (TPSA) is 12.9 Å². The van der Waals surface area contributed by atoms with Crippen molar-refractivity contribution in [2.75, 3.05) is 0 Å². The molecule has 0 N–H and O–H groups in total. The van der Waals surface area contributed by atoms with Crippen molar-refractivity contribution in [1.29, 1.82) is 0 Å². The summed E-state index contributed by atoms with van der Waals surface area (Å²) < 4.78 is 0. The molecule has 1 aromatic heterocycles. The third-order valence-corrected chi connectivity index (χ3v) is 7.09. The van der Waals surface area contributed by atoms with Crippen LogP contribution in [-0.2, 0) is 0 Å².